The van der Waals surface area contributed by atoms with Crippen molar-refractivity contribution < 1.29 is 9.90 Å². The number of aromatic nitrogens is 1. The number of hydrogen-bond donors (Lipinski definition) is 2. The lowest BCUT2D eigenvalue weighted by Crippen LogP contribution is -2.42. The molecule has 1 aromatic heterocycles. The van der Waals surface area contributed by atoms with Crippen molar-refractivity contribution in [2.45, 2.75) is 46.1 Å². The first-order valence-corrected chi connectivity index (χ1v) is 9.71. The Hall–Kier alpha value is -3.07. The quantitative estimate of drug-likeness (QED) is 0.838. The van der Waals surface area contributed by atoms with Gasteiger partial charge >= 0.3 is 0 Å². The molecule has 0 saturated heterocycles. The van der Waals surface area contributed by atoms with Gasteiger partial charge in [-0.15, -0.1) is 0 Å². The van der Waals surface area contributed by atoms with Gasteiger partial charge in [-0.2, -0.15) is 5.26 Å². The highest BCUT2D eigenvalue weighted by atomic mass is 16.3. The molecule has 4 rings (SSSR count). The normalized spacial score (nSPS) is 16.2. The number of carbonyl (C=O) groups is 1. The van der Waals surface area contributed by atoms with E-state index in [-0.39, 0.29) is 23.4 Å². The third-order valence-corrected chi connectivity index (χ3v) is 6.02. The average Bonchev–Trinajstić information content (AvgIpc) is 2.59. The van der Waals surface area contributed by atoms with Crippen LogP contribution >= 0.6 is 0 Å². The second-order valence-corrected chi connectivity index (χ2v) is 7.88. The van der Waals surface area contributed by atoms with E-state index < -0.39 is 0 Å². The van der Waals surface area contributed by atoms with Crippen LogP contribution in [0.4, 0.5) is 5.82 Å². The number of pyridine rings is 1. The standard InChI is InChI=1S/C22H24N4O2/c1-12-8-15(27)9-13(2)19(12)20-16(10-23)21(24)25-18-6-7-26(11-17(18)20)22(28)14-4-3-5-14/h8-9,14,27H,3-7,11H2,1-2H3,(H2,24,25). The number of rotatable bonds is 2. The van der Waals surface area contributed by atoms with Crippen molar-refractivity contribution in [3.05, 3.63) is 40.1 Å². The first kappa shape index (κ1) is 18.3. The van der Waals surface area contributed by atoms with Gasteiger partial charge in [0, 0.05) is 36.6 Å². The highest BCUT2D eigenvalue weighted by molar-refractivity contribution is 5.85. The first-order chi connectivity index (χ1) is 13.4. The lowest BCUT2D eigenvalue weighted by molar-refractivity contribution is -0.139. The smallest absolute Gasteiger partial charge is 0.225 e. The highest BCUT2D eigenvalue weighted by Gasteiger charge is 2.33. The summed E-state index contributed by atoms with van der Waals surface area (Å²) < 4.78 is 0. The van der Waals surface area contributed by atoms with Crippen molar-refractivity contribution in [1.29, 1.82) is 5.26 Å². The van der Waals surface area contributed by atoms with Crippen molar-refractivity contribution in [1.82, 2.24) is 9.88 Å². The molecule has 1 fully saturated rings. The van der Waals surface area contributed by atoms with Crippen LogP contribution in [-0.4, -0.2) is 27.4 Å². The fourth-order valence-electron chi connectivity index (χ4n) is 4.41. The van der Waals surface area contributed by atoms with Gasteiger partial charge in [0.1, 0.15) is 23.2 Å². The monoisotopic (exact) mass is 376 g/mol. The molecule has 2 heterocycles. The van der Waals surface area contributed by atoms with Crippen LogP contribution in [0.2, 0.25) is 0 Å². The summed E-state index contributed by atoms with van der Waals surface area (Å²) in [5.41, 5.74) is 11.6. The number of nitrogen functional groups attached to an aromatic ring is 1. The lowest BCUT2D eigenvalue weighted by Gasteiger charge is -2.35. The second kappa shape index (κ2) is 6.83. The van der Waals surface area contributed by atoms with Crippen LogP contribution in [0.25, 0.3) is 11.1 Å². The number of aryl methyl sites for hydroxylation is 2. The van der Waals surface area contributed by atoms with Crippen molar-refractivity contribution in [3.8, 4) is 22.9 Å². The van der Waals surface area contributed by atoms with Crippen LogP contribution in [-0.2, 0) is 17.8 Å². The van der Waals surface area contributed by atoms with E-state index in [0.717, 1.165) is 52.8 Å². The summed E-state index contributed by atoms with van der Waals surface area (Å²) in [6.07, 6.45) is 3.69. The first-order valence-electron chi connectivity index (χ1n) is 9.71. The number of carbonyl (C=O) groups excluding carboxylic acids is 1. The summed E-state index contributed by atoms with van der Waals surface area (Å²) in [7, 11) is 0. The molecule has 3 N–H and O–H groups in total. The van der Waals surface area contributed by atoms with Crippen LogP contribution in [0.15, 0.2) is 12.1 Å². The molecule has 1 aliphatic carbocycles. The molecule has 0 unspecified atom stereocenters. The third-order valence-electron chi connectivity index (χ3n) is 6.02. The molecule has 6 heteroatoms. The Labute approximate surface area is 164 Å². The summed E-state index contributed by atoms with van der Waals surface area (Å²) in [4.78, 5) is 19.2. The predicted molar refractivity (Wildman–Crippen MR) is 106 cm³/mol. The number of benzene rings is 1. The van der Waals surface area contributed by atoms with Crippen LogP contribution in [0.3, 0.4) is 0 Å². The molecule has 0 spiro atoms. The molecule has 28 heavy (non-hydrogen) atoms. The Morgan fingerprint density at radius 1 is 1.29 bits per heavy atom. The van der Waals surface area contributed by atoms with E-state index >= 15 is 0 Å². The van der Waals surface area contributed by atoms with Gasteiger partial charge in [-0.1, -0.05) is 6.42 Å². The number of nitrogens with two attached hydrogens (primary N) is 1. The molecular weight excluding hydrogens is 352 g/mol. The number of phenolic OH excluding ortho intramolecular Hbond substituents is 1. The minimum absolute atomic E-state index is 0.138. The molecular formula is C22H24N4O2. The Bertz CT molecular complexity index is 995. The zero-order chi connectivity index (χ0) is 20.0. The Balaban J connectivity index is 1.88. The lowest BCUT2D eigenvalue weighted by atomic mass is 9.83. The van der Waals surface area contributed by atoms with E-state index in [1.54, 1.807) is 12.1 Å². The number of amides is 1. The Morgan fingerprint density at radius 3 is 2.54 bits per heavy atom. The van der Waals surface area contributed by atoms with Crippen LogP contribution < -0.4 is 5.73 Å². The second-order valence-electron chi connectivity index (χ2n) is 7.88. The molecule has 0 radical (unpaired) electrons. The number of fused-ring (bicyclic) bond motifs is 1. The van der Waals surface area contributed by atoms with Crippen LogP contribution in [0, 0.1) is 31.1 Å². The number of phenols is 1. The fourth-order valence-corrected chi connectivity index (χ4v) is 4.41. The highest BCUT2D eigenvalue weighted by Crippen LogP contribution is 2.40. The number of hydrogen-bond acceptors (Lipinski definition) is 5. The van der Waals surface area contributed by atoms with Crippen LogP contribution in [0.1, 0.15) is 47.2 Å². The summed E-state index contributed by atoms with van der Waals surface area (Å²) in [6, 6.07) is 5.59. The predicted octanol–water partition coefficient (Wildman–Crippen LogP) is 3.21. The minimum atomic E-state index is 0.138. The molecule has 6 nitrogen and oxygen atoms in total. The Kier molecular flexibility index (Phi) is 4.46. The summed E-state index contributed by atoms with van der Waals surface area (Å²) in [5, 5.41) is 19.7. The molecule has 0 bridgehead atoms. The van der Waals surface area contributed by atoms with Gasteiger partial charge < -0.3 is 15.7 Å². The van der Waals surface area contributed by atoms with Crippen LogP contribution in [0.5, 0.6) is 5.75 Å². The molecule has 0 atom stereocenters. The van der Waals surface area contributed by atoms with E-state index in [0.29, 0.717) is 25.1 Å². The SMILES string of the molecule is Cc1cc(O)cc(C)c1-c1c(C#N)c(N)nc2c1CN(C(=O)C1CCC1)CC2. The maximum Gasteiger partial charge on any atom is 0.225 e. The summed E-state index contributed by atoms with van der Waals surface area (Å²) in [5.74, 6) is 0.758. The molecule has 1 aliphatic heterocycles. The summed E-state index contributed by atoms with van der Waals surface area (Å²) in [6.45, 7) is 4.90. The number of aromatic hydroxyl groups is 1. The average molecular weight is 376 g/mol. The van der Waals surface area contributed by atoms with Crippen molar-refractivity contribution >= 4 is 11.7 Å². The van der Waals surface area contributed by atoms with Gasteiger partial charge in [0.2, 0.25) is 5.91 Å². The molecule has 1 aromatic carbocycles. The van der Waals surface area contributed by atoms with Crippen molar-refractivity contribution in [2.24, 2.45) is 5.92 Å². The molecule has 2 aromatic rings. The van der Waals surface area contributed by atoms with Gasteiger partial charge in [-0.25, -0.2) is 4.98 Å². The van der Waals surface area contributed by atoms with E-state index in [1.807, 2.05) is 18.7 Å². The van der Waals surface area contributed by atoms with Crippen molar-refractivity contribution in [3.63, 3.8) is 0 Å². The van der Waals surface area contributed by atoms with Gasteiger partial charge in [0.25, 0.3) is 0 Å². The van der Waals surface area contributed by atoms with Crippen molar-refractivity contribution in [2.75, 3.05) is 12.3 Å². The van der Waals surface area contributed by atoms with Gasteiger partial charge in [0.15, 0.2) is 0 Å². The van der Waals surface area contributed by atoms with E-state index in [9.17, 15) is 15.2 Å². The maximum atomic E-state index is 12.8. The zero-order valence-electron chi connectivity index (χ0n) is 16.2. The van der Waals surface area contributed by atoms with E-state index in [4.69, 9.17) is 5.73 Å². The van der Waals surface area contributed by atoms with E-state index in [2.05, 4.69) is 11.1 Å². The minimum Gasteiger partial charge on any atom is -0.508 e. The maximum absolute atomic E-state index is 12.8. The summed E-state index contributed by atoms with van der Waals surface area (Å²) >= 11 is 0. The van der Waals surface area contributed by atoms with Gasteiger partial charge in [-0.05, 0) is 55.5 Å². The van der Waals surface area contributed by atoms with Gasteiger partial charge in [0.05, 0.1) is 5.69 Å². The molecule has 1 saturated carbocycles. The molecule has 144 valence electrons. The van der Waals surface area contributed by atoms with E-state index in [1.165, 1.54) is 0 Å². The topological polar surface area (TPSA) is 103 Å². The molecule has 2 aliphatic rings. The zero-order valence-corrected chi connectivity index (χ0v) is 16.2. The molecule has 1 amide bonds. The number of nitrogens with zero attached hydrogens (tertiary/aromatic N) is 3. The largest absolute Gasteiger partial charge is 0.508 e. The number of anilines is 1. The van der Waals surface area contributed by atoms with Gasteiger partial charge in [-0.3, -0.25) is 4.79 Å². The third kappa shape index (κ3) is 2.88. The fraction of sp³-hybridized carbons (Fsp3) is 0.409. The number of nitriles is 1. The Morgan fingerprint density at radius 2 is 1.96 bits per heavy atom.